The lowest BCUT2D eigenvalue weighted by atomic mass is 10.1. The largest absolute Gasteiger partial charge is 0.478 e. The maximum atomic E-state index is 10.7. The molecule has 0 fully saturated rings. The zero-order valence-electron chi connectivity index (χ0n) is 9.03. The number of anilines is 1. The molecule has 0 amide bonds. The molecule has 15 heavy (non-hydrogen) atoms. The summed E-state index contributed by atoms with van der Waals surface area (Å²) in [5.41, 5.74) is 0.262. The Bertz CT molecular complexity index is 335. The van der Waals surface area contributed by atoms with Gasteiger partial charge in [-0.15, -0.1) is 0 Å². The van der Waals surface area contributed by atoms with Gasteiger partial charge < -0.3 is 10.4 Å². The molecule has 4 nitrogen and oxygen atoms in total. The molecule has 0 aliphatic rings. The van der Waals surface area contributed by atoms with Crippen LogP contribution in [0.25, 0.3) is 0 Å². The summed E-state index contributed by atoms with van der Waals surface area (Å²) in [4.78, 5) is 14.8. The smallest absolute Gasteiger partial charge is 0.335 e. The first-order valence-corrected chi connectivity index (χ1v) is 5.13. The van der Waals surface area contributed by atoms with Gasteiger partial charge in [-0.3, -0.25) is 0 Å². The Morgan fingerprint density at radius 2 is 2.20 bits per heavy atom. The number of aromatic carboxylic acids is 1. The molecule has 1 aromatic rings. The van der Waals surface area contributed by atoms with Crippen molar-refractivity contribution in [2.24, 2.45) is 0 Å². The summed E-state index contributed by atoms with van der Waals surface area (Å²) in [6.07, 6.45) is 3.50. The molecule has 1 aromatic heterocycles. The van der Waals surface area contributed by atoms with E-state index >= 15 is 0 Å². The van der Waals surface area contributed by atoms with Gasteiger partial charge in [0.15, 0.2) is 0 Å². The molecule has 0 saturated heterocycles. The first kappa shape index (κ1) is 11.5. The van der Waals surface area contributed by atoms with Crippen LogP contribution in [0.1, 0.15) is 37.0 Å². The van der Waals surface area contributed by atoms with Crippen molar-refractivity contribution >= 4 is 11.8 Å². The fourth-order valence-corrected chi connectivity index (χ4v) is 1.34. The molecular weight excluding hydrogens is 192 g/mol. The first-order chi connectivity index (χ1) is 7.17. The monoisotopic (exact) mass is 208 g/mol. The van der Waals surface area contributed by atoms with Crippen molar-refractivity contribution in [1.82, 2.24) is 4.98 Å². The maximum absolute atomic E-state index is 10.7. The van der Waals surface area contributed by atoms with Crippen molar-refractivity contribution in [2.75, 3.05) is 5.32 Å². The van der Waals surface area contributed by atoms with Crippen molar-refractivity contribution in [3.8, 4) is 0 Å². The SMILES string of the molecule is CCC(CC)Nc1cc(C(=O)O)ccn1. The van der Waals surface area contributed by atoms with Gasteiger partial charge in [-0.2, -0.15) is 0 Å². The second kappa shape index (κ2) is 5.34. The lowest BCUT2D eigenvalue weighted by Gasteiger charge is -2.15. The Kier molecular flexibility index (Phi) is 4.09. The van der Waals surface area contributed by atoms with Crippen molar-refractivity contribution in [1.29, 1.82) is 0 Å². The van der Waals surface area contributed by atoms with E-state index in [1.807, 2.05) is 0 Å². The van der Waals surface area contributed by atoms with Crippen LogP contribution >= 0.6 is 0 Å². The average Bonchev–Trinajstić information content (AvgIpc) is 2.26. The van der Waals surface area contributed by atoms with Gasteiger partial charge in [0.25, 0.3) is 0 Å². The normalized spacial score (nSPS) is 10.3. The molecule has 0 atom stereocenters. The third-order valence-electron chi connectivity index (χ3n) is 2.34. The third kappa shape index (κ3) is 3.23. The van der Waals surface area contributed by atoms with E-state index < -0.39 is 5.97 Å². The van der Waals surface area contributed by atoms with Crippen LogP contribution in [-0.4, -0.2) is 22.1 Å². The summed E-state index contributed by atoms with van der Waals surface area (Å²) in [5.74, 6) is -0.298. The predicted molar refractivity (Wildman–Crippen MR) is 59.2 cm³/mol. The maximum Gasteiger partial charge on any atom is 0.335 e. The molecule has 1 rings (SSSR count). The van der Waals surface area contributed by atoms with Gasteiger partial charge in [0.1, 0.15) is 5.82 Å². The van der Waals surface area contributed by atoms with Gasteiger partial charge in [-0.1, -0.05) is 13.8 Å². The zero-order valence-corrected chi connectivity index (χ0v) is 9.03. The van der Waals surface area contributed by atoms with E-state index in [0.29, 0.717) is 11.9 Å². The van der Waals surface area contributed by atoms with Gasteiger partial charge in [0.05, 0.1) is 5.56 Å². The Hall–Kier alpha value is -1.58. The number of carboxylic acid groups (broad SMARTS) is 1. The van der Waals surface area contributed by atoms with E-state index in [1.54, 1.807) is 6.07 Å². The standard InChI is InChI=1S/C11H16N2O2/c1-3-9(4-2)13-10-7-8(11(14)15)5-6-12-10/h5-7,9H,3-4H2,1-2H3,(H,12,13)(H,14,15). The van der Waals surface area contributed by atoms with Gasteiger partial charge in [-0.05, 0) is 25.0 Å². The minimum Gasteiger partial charge on any atom is -0.478 e. The van der Waals surface area contributed by atoms with Crippen LogP contribution in [0, 0.1) is 0 Å². The summed E-state index contributed by atoms with van der Waals surface area (Å²) in [5, 5.41) is 12.0. The van der Waals surface area contributed by atoms with E-state index in [0.717, 1.165) is 12.8 Å². The molecule has 0 bridgehead atoms. The van der Waals surface area contributed by atoms with Crippen LogP contribution in [0.5, 0.6) is 0 Å². The van der Waals surface area contributed by atoms with Crippen molar-refractivity contribution < 1.29 is 9.90 Å². The molecule has 1 heterocycles. The van der Waals surface area contributed by atoms with Gasteiger partial charge in [0, 0.05) is 12.2 Å². The lowest BCUT2D eigenvalue weighted by Crippen LogP contribution is -2.18. The number of nitrogens with zero attached hydrogens (tertiary/aromatic N) is 1. The van der Waals surface area contributed by atoms with E-state index in [1.165, 1.54) is 12.3 Å². The third-order valence-corrected chi connectivity index (χ3v) is 2.34. The molecule has 0 spiro atoms. The summed E-state index contributed by atoms with van der Waals surface area (Å²) in [6.45, 7) is 4.17. The highest BCUT2D eigenvalue weighted by molar-refractivity contribution is 5.88. The highest BCUT2D eigenvalue weighted by Gasteiger charge is 2.07. The Balaban J connectivity index is 2.77. The minimum absolute atomic E-state index is 0.262. The Morgan fingerprint density at radius 3 is 2.73 bits per heavy atom. The molecule has 2 N–H and O–H groups in total. The summed E-state index contributed by atoms with van der Waals surface area (Å²) < 4.78 is 0. The number of carbonyl (C=O) groups is 1. The molecule has 82 valence electrons. The summed E-state index contributed by atoms with van der Waals surface area (Å²) in [6, 6.07) is 3.39. The molecular formula is C11H16N2O2. The Morgan fingerprint density at radius 1 is 1.53 bits per heavy atom. The van der Waals surface area contributed by atoms with Crippen molar-refractivity contribution in [2.45, 2.75) is 32.7 Å². The van der Waals surface area contributed by atoms with Crippen molar-refractivity contribution in [3.63, 3.8) is 0 Å². The molecule has 4 heteroatoms. The Labute approximate surface area is 89.3 Å². The van der Waals surface area contributed by atoms with Crippen LogP contribution in [0.4, 0.5) is 5.82 Å². The number of rotatable bonds is 5. The van der Waals surface area contributed by atoms with Crippen LogP contribution < -0.4 is 5.32 Å². The average molecular weight is 208 g/mol. The first-order valence-electron chi connectivity index (χ1n) is 5.13. The number of carboxylic acids is 1. The zero-order chi connectivity index (χ0) is 11.3. The van der Waals surface area contributed by atoms with Crippen LogP contribution in [0.3, 0.4) is 0 Å². The second-order valence-electron chi connectivity index (χ2n) is 3.39. The van der Waals surface area contributed by atoms with E-state index in [-0.39, 0.29) is 5.56 Å². The summed E-state index contributed by atoms with van der Waals surface area (Å²) in [7, 11) is 0. The van der Waals surface area contributed by atoms with Crippen LogP contribution in [0.15, 0.2) is 18.3 Å². The van der Waals surface area contributed by atoms with Crippen LogP contribution in [0.2, 0.25) is 0 Å². The van der Waals surface area contributed by atoms with E-state index in [4.69, 9.17) is 5.11 Å². The molecule has 0 radical (unpaired) electrons. The van der Waals surface area contributed by atoms with Gasteiger partial charge in [0.2, 0.25) is 0 Å². The lowest BCUT2D eigenvalue weighted by molar-refractivity contribution is 0.0697. The van der Waals surface area contributed by atoms with Crippen LogP contribution in [-0.2, 0) is 0 Å². The van der Waals surface area contributed by atoms with Gasteiger partial charge >= 0.3 is 5.97 Å². The number of aromatic nitrogens is 1. The number of nitrogens with one attached hydrogen (secondary N) is 1. The second-order valence-corrected chi connectivity index (χ2v) is 3.39. The molecule has 0 aliphatic heterocycles. The van der Waals surface area contributed by atoms with Crippen molar-refractivity contribution in [3.05, 3.63) is 23.9 Å². The number of hydrogen-bond acceptors (Lipinski definition) is 3. The number of hydrogen-bond donors (Lipinski definition) is 2. The van der Waals surface area contributed by atoms with E-state index in [9.17, 15) is 4.79 Å². The highest BCUT2D eigenvalue weighted by atomic mass is 16.4. The fraction of sp³-hybridized carbons (Fsp3) is 0.455. The highest BCUT2D eigenvalue weighted by Crippen LogP contribution is 2.10. The number of pyridine rings is 1. The molecule has 0 unspecified atom stereocenters. The minimum atomic E-state index is -0.926. The quantitative estimate of drug-likeness (QED) is 0.779. The molecule has 0 aliphatic carbocycles. The molecule has 0 aromatic carbocycles. The summed E-state index contributed by atoms with van der Waals surface area (Å²) >= 11 is 0. The van der Waals surface area contributed by atoms with Gasteiger partial charge in [-0.25, -0.2) is 9.78 Å². The topological polar surface area (TPSA) is 62.2 Å². The fourth-order valence-electron chi connectivity index (χ4n) is 1.34. The predicted octanol–water partition coefficient (Wildman–Crippen LogP) is 2.38. The molecule has 0 saturated carbocycles. The van der Waals surface area contributed by atoms with E-state index in [2.05, 4.69) is 24.1 Å².